The van der Waals surface area contributed by atoms with Crippen LogP contribution in [0, 0.1) is 5.41 Å². The van der Waals surface area contributed by atoms with Crippen LogP contribution in [-0.4, -0.2) is 49.9 Å². The minimum atomic E-state index is -0.736. The van der Waals surface area contributed by atoms with Gasteiger partial charge in [0.1, 0.15) is 6.04 Å². The fourth-order valence-corrected chi connectivity index (χ4v) is 1.22. The molecule has 1 atom stereocenters. The van der Waals surface area contributed by atoms with E-state index < -0.39 is 23.3 Å². The van der Waals surface area contributed by atoms with Crippen LogP contribution >= 0.6 is 0 Å². The molecule has 0 saturated heterocycles. The number of amides is 2. The molecule has 1 N–H and O–H groups in total. The van der Waals surface area contributed by atoms with E-state index in [0.717, 1.165) is 0 Å². The predicted molar refractivity (Wildman–Crippen MR) is 62.1 cm³/mol. The Bertz CT molecular complexity index is 296. The van der Waals surface area contributed by atoms with Gasteiger partial charge >= 0.3 is 5.97 Å². The van der Waals surface area contributed by atoms with Crippen molar-refractivity contribution in [2.45, 2.75) is 26.8 Å². The maximum absolute atomic E-state index is 11.6. The van der Waals surface area contributed by atoms with Crippen molar-refractivity contribution in [3.05, 3.63) is 0 Å². The van der Waals surface area contributed by atoms with E-state index in [9.17, 15) is 14.4 Å². The summed E-state index contributed by atoms with van der Waals surface area (Å²) in [5.74, 6) is -0.899. The fourth-order valence-electron chi connectivity index (χ4n) is 1.22. The van der Waals surface area contributed by atoms with Crippen LogP contribution in [-0.2, 0) is 19.1 Å². The number of carbonyl (C=O) groups excluding carboxylic acids is 3. The second-order valence-electron chi connectivity index (χ2n) is 4.91. The van der Waals surface area contributed by atoms with Gasteiger partial charge in [-0.05, 0) is 5.41 Å². The number of hydrogen-bond acceptors (Lipinski definition) is 4. The van der Waals surface area contributed by atoms with Gasteiger partial charge in [0.2, 0.25) is 12.3 Å². The number of carbonyl (C=O) groups is 3. The predicted octanol–water partition coefficient (Wildman–Crippen LogP) is -0.221. The largest absolute Gasteiger partial charge is 0.467 e. The van der Waals surface area contributed by atoms with Crippen molar-refractivity contribution in [3.8, 4) is 0 Å². The van der Waals surface area contributed by atoms with Gasteiger partial charge in [-0.15, -0.1) is 0 Å². The quantitative estimate of drug-likeness (QED) is 0.536. The monoisotopic (exact) mass is 244 g/mol. The maximum Gasteiger partial charge on any atom is 0.328 e. The molecule has 0 aromatic heterocycles. The molecule has 2 amide bonds. The third-order valence-corrected chi connectivity index (χ3v) is 2.18. The van der Waals surface area contributed by atoms with E-state index in [1.807, 2.05) is 20.8 Å². The topological polar surface area (TPSA) is 75.7 Å². The summed E-state index contributed by atoms with van der Waals surface area (Å²) in [6.45, 7) is 5.36. The summed E-state index contributed by atoms with van der Waals surface area (Å²) in [6.07, 6.45) is 0.545. The number of rotatable bonds is 5. The van der Waals surface area contributed by atoms with Crippen LogP contribution in [0.3, 0.4) is 0 Å². The Morgan fingerprint density at radius 2 is 1.94 bits per heavy atom. The van der Waals surface area contributed by atoms with E-state index in [2.05, 4.69) is 10.1 Å². The molecule has 6 nitrogen and oxygen atoms in total. The van der Waals surface area contributed by atoms with Gasteiger partial charge in [0.25, 0.3) is 0 Å². The minimum Gasteiger partial charge on any atom is -0.467 e. The van der Waals surface area contributed by atoms with Crippen molar-refractivity contribution in [3.63, 3.8) is 0 Å². The molecule has 17 heavy (non-hydrogen) atoms. The zero-order valence-electron chi connectivity index (χ0n) is 10.9. The van der Waals surface area contributed by atoms with Crippen LogP contribution in [0.25, 0.3) is 0 Å². The lowest BCUT2D eigenvalue weighted by Gasteiger charge is -2.29. The summed E-state index contributed by atoms with van der Waals surface area (Å²) in [4.78, 5) is 34.7. The highest BCUT2D eigenvalue weighted by Crippen LogP contribution is 2.20. The molecule has 0 rings (SSSR count). The van der Waals surface area contributed by atoms with Gasteiger partial charge in [-0.25, -0.2) is 4.79 Å². The van der Waals surface area contributed by atoms with E-state index in [4.69, 9.17) is 0 Å². The molecule has 0 radical (unpaired) electrons. The van der Waals surface area contributed by atoms with E-state index in [1.54, 1.807) is 0 Å². The second kappa shape index (κ2) is 6.22. The number of nitrogens with zero attached hydrogens (tertiary/aromatic N) is 1. The van der Waals surface area contributed by atoms with Gasteiger partial charge in [0.05, 0.1) is 13.7 Å². The van der Waals surface area contributed by atoms with E-state index in [-0.39, 0.29) is 6.54 Å². The second-order valence-corrected chi connectivity index (χ2v) is 4.91. The molecule has 0 aromatic rings. The highest BCUT2D eigenvalue weighted by atomic mass is 16.5. The number of nitrogens with one attached hydrogen (secondary N) is 1. The van der Waals surface area contributed by atoms with E-state index in [1.165, 1.54) is 19.1 Å². The van der Waals surface area contributed by atoms with Crippen molar-refractivity contribution in [1.29, 1.82) is 0 Å². The molecular weight excluding hydrogens is 224 g/mol. The van der Waals surface area contributed by atoms with Crippen LogP contribution in [0.15, 0.2) is 0 Å². The Morgan fingerprint density at radius 1 is 1.41 bits per heavy atom. The summed E-state index contributed by atoms with van der Waals surface area (Å²) in [6, 6.07) is -0.736. The smallest absolute Gasteiger partial charge is 0.328 e. The highest BCUT2D eigenvalue weighted by Gasteiger charge is 2.33. The number of hydrogen-bond donors (Lipinski definition) is 1. The molecule has 0 aromatic carbocycles. The number of likely N-dealkylation sites (N-methyl/N-ethyl adjacent to an activating group) is 1. The normalized spacial score (nSPS) is 12.5. The van der Waals surface area contributed by atoms with Crippen LogP contribution in [0.2, 0.25) is 0 Å². The van der Waals surface area contributed by atoms with E-state index in [0.29, 0.717) is 6.41 Å². The number of ether oxygens (including phenoxy) is 1. The molecule has 0 heterocycles. The van der Waals surface area contributed by atoms with Gasteiger partial charge < -0.3 is 15.0 Å². The molecule has 0 aliphatic heterocycles. The first-order valence-electron chi connectivity index (χ1n) is 5.25. The van der Waals surface area contributed by atoms with Gasteiger partial charge in [0, 0.05) is 7.05 Å². The third-order valence-electron chi connectivity index (χ3n) is 2.18. The molecule has 0 saturated carbocycles. The molecule has 6 heteroatoms. The summed E-state index contributed by atoms with van der Waals surface area (Å²) in [5, 5.41) is 2.56. The fraction of sp³-hybridized carbons (Fsp3) is 0.727. The Balaban J connectivity index is 4.61. The number of esters is 1. The SMILES string of the molecule is COC(=O)C(NC(=O)CN(C)C=O)C(C)(C)C. The Hall–Kier alpha value is -1.59. The summed E-state index contributed by atoms with van der Waals surface area (Å²) >= 11 is 0. The molecule has 98 valence electrons. The molecule has 0 spiro atoms. The van der Waals surface area contributed by atoms with Crippen molar-refractivity contribution < 1.29 is 19.1 Å². The maximum atomic E-state index is 11.6. The van der Waals surface area contributed by atoms with Crippen molar-refractivity contribution in [2.24, 2.45) is 5.41 Å². The lowest BCUT2D eigenvalue weighted by Crippen LogP contribution is -2.51. The summed E-state index contributed by atoms with van der Waals surface area (Å²) in [5.41, 5.74) is -0.456. The molecule has 0 aliphatic carbocycles. The van der Waals surface area contributed by atoms with Crippen LogP contribution in [0.4, 0.5) is 0 Å². The molecule has 0 aliphatic rings. The standard InChI is InChI=1S/C11H20N2O4/c1-11(2,3)9(10(16)17-5)12-8(15)6-13(4)7-14/h7,9H,6H2,1-5H3,(H,12,15). The first-order chi connectivity index (χ1) is 7.72. The highest BCUT2D eigenvalue weighted by molar-refractivity contribution is 5.86. The zero-order valence-corrected chi connectivity index (χ0v) is 10.9. The average Bonchev–Trinajstić information content (AvgIpc) is 2.23. The Labute approximate surface area is 101 Å². The van der Waals surface area contributed by atoms with Gasteiger partial charge in [-0.1, -0.05) is 20.8 Å². The molecular formula is C11H20N2O4. The molecule has 0 bridgehead atoms. The van der Waals surface area contributed by atoms with Crippen LogP contribution < -0.4 is 5.32 Å². The van der Waals surface area contributed by atoms with Crippen LogP contribution in [0.1, 0.15) is 20.8 Å². The van der Waals surface area contributed by atoms with E-state index >= 15 is 0 Å². The van der Waals surface area contributed by atoms with Crippen molar-refractivity contribution >= 4 is 18.3 Å². The third kappa shape index (κ3) is 5.33. The summed E-state index contributed by atoms with van der Waals surface area (Å²) in [7, 11) is 2.75. The first kappa shape index (κ1) is 15.4. The van der Waals surface area contributed by atoms with Crippen LogP contribution in [0.5, 0.6) is 0 Å². The lowest BCUT2D eigenvalue weighted by atomic mass is 9.86. The number of methoxy groups -OCH3 is 1. The van der Waals surface area contributed by atoms with Gasteiger partial charge in [-0.3, -0.25) is 9.59 Å². The summed E-state index contributed by atoms with van der Waals surface area (Å²) < 4.78 is 4.63. The van der Waals surface area contributed by atoms with Gasteiger partial charge in [0.15, 0.2) is 0 Å². The lowest BCUT2D eigenvalue weighted by molar-refractivity contribution is -0.148. The first-order valence-corrected chi connectivity index (χ1v) is 5.25. The Kier molecular flexibility index (Phi) is 5.64. The Morgan fingerprint density at radius 3 is 2.29 bits per heavy atom. The van der Waals surface area contributed by atoms with Gasteiger partial charge in [-0.2, -0.15) is 0 Å². The molecule has 1 unspecified atom stereocenters. The molecule has 0 fully saturated rings. The van der Waals surface area contributed by atoms with Crippen molar-refractivity contribution in [2.75, 3.05) is 20.7 Å². The average molecular weight is 244 g/mol. The zero-order chi connectivity index (χ0) is 13.6. The minimum absolute atomic E-state index is 0.0902. The van der Waals surface area contributed by atoms with Crippen molar-refractivity contribution in [1.82, 2.24) is 10.2 Å².